The summed E-state index contributed by atoms with van der Waals surface area (Å²) >= 11 is 0. The second-order valence-corrected chi connectivity index (χ2v) is 6.43. The molecule has 7 heteroatoms. The molecule has 1 fully saturated rings. The van der Waals surface area contributed by atoms with Gasteiger partial charge in [0.2, 0.25) is 0 Å². The van der Waals surface area contributed by atoms with Gasteiger partial charge in [-0.1, -0.05) is 6.07 Å². The molecule has 0 spiro atoms. The first kappa shape index (κ1) is 21.3. The predicted octanol–water partition coefficient (Wildman–Crippen LogP) is 2.20. The smallest absolute Gasteiger partial charge is 0.191 e. The molecule has 152 valence electrons. The molecule has 27 heavy (non-hydrogen) atoms. The molecule has 0 aromatic heterocycles. The maximum absolute atomic E-state index is 5.71. The Kier molecular flexibility index (Phi) is 9.79. The van der Waals surface area contributed by atoms with Crippen LogP contribution in [0.1, 0.15) is 25.3 Å². The minimum atomic E-state index is 0.568. The van der Waals surface area contributed by atoms with Crippen molar-refractivity contribution in [2.45, 2.75) is 26.3 Å². The minimum Gasteiger partial charge on any atom is -0.493 e. The van der Waals surface area contributed by atoms with Crippen LogP contribution in [0.5, 0.6) is 11.5 Å². The third-order valence-corrected chi connectivity index (χ3v) is 4.35. The van der Waals surface area contributed by atoms with Gasteiger partial charge in [-0.2, -0.15) is 0 Å². The van der Waals surface area contributed by atoms with Crippen LogP contribution in [0.3, 0.4) is 0 Å². The summed E-state index contributed by atoms with van der Waals surface area (Å²) in [6.07, 6.45) is 2.05. The topological polar surface area (TPSA) is 73.3 Å². The number of hydrogen-bond donors (Lipinski definition) is 2. The zero-order chi connectivity index (χ0) is 19.3. The van der Waals surface area contributed by atoms with Gasteiger partial charge >= 0.3 is 0 Å². The maximum Gasteiger partial charge on any atom is 0.191 e. The number of nitrogens with zero attached hydrogens (tertiary/aromatic N) is 1. The molecule has 0 amide bonds. The number of methoxy groups -OCH3 is 1. The van der Waals surface area contributed by atoms with Crippen LogP contribution >= 0.6 is 0 Å². The second-order valence-electron chi connectivity index (χ2n) is 6.43. The Labute approximate surface area is 162 Å². The number of aliphatic imine (C=N–C) groups is 1. The molecule has 7 nitrogen and oxygen atoms in total. The van der Waals surface area contributed by atoms with Gasteiger partial charge in [0, 0.05) is 39.3 Å². The third kappa shape index (κ3) is 7.64. The number of rotatable bonds is 11. The van der Waals surface area contributed by atoms with Gasteiger partial charge in [0.25, 0.3) is 0 Å². The standard InChI is InChI=1S/C20H33N3O4/c1-4-27-18-7-6-16(12-19(18)24-3)13-23-20(21-2)22-9-5-10-25-14-17-8-11-26-15-17/h6-7,12,17H,4-5,8-11,13-15H2,1-3H3,(H2,21,22,23). The number of nitrogens with one attached hydrogen (secondary N) is 2. The second kappa shape index (κ2) is 12.4. The average Bonchev–Trinajstić information content (AvgIpc) is 3.21. The van der Waals surface area contributed by atoms with Crippen molar-refractivity contribution < 1.29 is 18.9 Å². The van der Waals surface area contributed by atoms with E-state index in [4.69, 9.17) is 18.9 Å². The Morgan fingerprint density at radius 2 is 2.19 bits per heavy atom. The molecule has 0 bridgehead atoms. The Morgan fingerprint density at radius 1 is 1.30 bits per heavy atom. The third-order valence-electron chi connectivity index (χ3n) is 4.35. The van der Waals surface area contributed by atoms with Crippen LogP contribution in [0.15, 0.2) is 23.2 Å². The maximum atomic E-state index is 5.71. The van der Waals surface area contributed by atoms with Gasteiger partial charge in [-0.3, -0.25) is 4.99 Å². The van der Waals surface area contributed by atoms with Crippen LogP contribution in [0.4, 0.5) is 0 Å². The van der Waals surface area contributed by atoms with E-state index < -0.39 is 0 Å². The Bertz CT molecular complexity index is 574. The summed E-state index contributed by atoms with van der Waals surface area (Å²) in [6.45, 7) is 7.29. The highest BCUT2D eigenvalue weighted by molar-refractivity contribution is 5.79. The van der Waals surface area contributed by atoms with E-state index in [0.29, 0.717) is 19.1 Å². The van der Waals surface area contributed by atoms with Crippen LogP contribution < -0.4 is 20.1 Å². The summed E-state index contributed by atoms with van der Waals surface area (Å²) in [6, 6.07) is 5.93. The van der Waals surface area contributed by atoms with Gasteiger partial charge in [0.1, 0.15) is 0 Å². The van der Waals surface area contributed by atoms with E-state index in [-0.39, 0.29) is 0 Å². The molecule has 1 atom stereocenters. The van der Waals surface area contributed by atoms with Crippen molar-refractivity contribution >= 4 is 5.96 Å². The van der Waals surface area contributed by atoms with Crippen molar-refractivity contribution in [3.05, 3.63) is 23.8 Å². The minimum absolute atomic E-state index is 0.568. The van der Waals surface area contributed by atoms with Crippen LogP contribution in [0.2, 0.25) is 0 Å². The molecule has 1 aliphatic rings. The van der Waals surface area contributed by atoms with E-state index in [1.807, 2.05) is 25.1 Å². The van der Waals surface area contributed by atoms with E-state index in [0.717, 1.165) is 68.8 Å². The number of ether oxygens (including phenoxy) is 4. The average molecular weight is 380 g/mol. The monoisotopic (exact) mass is 379 g/mol. The first-order valence-corrected chi connectivity index (χ1v) is 9.66. The SMILES string of the molecule is CCOc1ccc(CNC(=NC)NCCCOCC2CCOC2)cc1OC. The number of hydrogen-bond acceptors (Lipinski definition) is 5. The normalized spacial score (nSPS) is 17.0. The summed E-state index contributed by atoms with van der Waals surface area (Å²) in [4.78, 5) is 4.25. The summed E-state index contributed by atoms with van der Waals surface area (Å²) in [5.74, 6) is 2.84. The van der Waals surface area contributed by atoms with Crippen molar-refractivity contribution in [3.63, 3.8) is 0 Å². The van der Waals surface area contributed by atoms with Crippen molar-refractivity contribution in [3.8, 4) is 11.5 Å². The molecule has 0 saturated carbocycles. The zero-order valence-electron chi connectivity index (χ0n) is 16.8. The van der Waals surface area contributed by atoms with Gasteiger partial charge in [-0.25, -0.2) is 0 Å². The van der Waals surface area contributed by atoms with E-state index >= 15 is 0 Å². The molecule has 1 saturated heterocycles. The summed E-state index contributed by atoms with van der Waals surface area (Å²) in [5.41, 5.74) is 1.10. The fraction of sp³-hybridized carbons (Fsp3) is 0.650. The fourth-order valence-electron chi connectivity index (χ4n) is 2.85. The lowest BCUT2D eigenvalue weighted by molar-refractivity contribution is 0.0888. The molecule has 2 rings (SSSR count). The van der Waals surface area contributed by atoms with Crippen molar-refractivity contribution in [2.24, 2.45) is 10.9 Å². The van der Waals surface area contributed by atoms with Crippen molar-refractivity contribution in [1.29, 1.82) is 0 Å². The highest BCUT2D eigenvalue weighted by atomic mass is 16.5. The Hall–Kier alpha value is -1.99. The fourth-order valence-corrected chi connectivity index (χ4v) is 2.85. The summed E-state index contributed by atoms with van der Waals surface area (Å²) in [7, 11) is 3.42. The van der Waals surface area contributed by atoms with Gasteiger partial charge < -0.3 is 29.6 Å². The van der Waals surface area contributed by atoms with Crippen LogP contribution in [0, 0.1) is 5.92 Å². The Balaban J connectivity index is 1.64. The van der Waals surface area contributed by atoms with E-state index in [2.05, 4.69) is 15.6 Å². The van der Waals surface area contributed by atoms with Crippen molar-refractivity contribution in [1.82, 2.24) is 10.6 Å². The molecule has 1 aromatic rings. The Morgan fingerprint density at radius 3 is 2.89 bits per heavy atom. The molecule has 1 heterocycles. The summed E-state index contributed by atoms with van der Waals surface area (Å²) < 4.78 is 22.0. The summed E-state index contributed by atoms with van der Waals surface area (Å²) in [5, 5.41) is 6.62. The lowest BCUT2D eigenvalue weighted by atomic mass is 10.1. The molecule has 0 radical (unpaired) electrons. The number of guanidine groups is 1. The highest BCUT2D eigenvalue weighted by Crippen LogP contribution is 2.27. The lowest BCUT2D eigenvalue weighted by Crippen LogP contribution is -2.37. The lowest BCUT2D eigenvalue weighted by Gasteiger charge is -2.14. The van der Waals surface area contributed by atoms with E-state index in [1.54, 1.807) is 14.2 Å². The molecule has 0 aliphatic carbocycles. The molecule has 1 aliphatic heterocycles. The largest absolute Gasteiger partial charge is 0.493 e. The van der Waals surface area contributed by atoms with Crippen molar-refractivity contribution in [2.75, 3.05) is 53.7 Å². The van der Waals surface area contributed by atoms with E-state index in [9.17, 15) is 0 Å². The van der Waals surface area contributed by atoms with Crippen LogP contribution in [-0.2, 0) is 16.0 Å². The van der Waals surface area contributed by atoms with E-state index in [1.165, 1.54) is 0 Å². The first-order valence-electron chi connectivity index (χ1n) is 9.66. The van der Waals surface area contributed by atoms with Gasteiger partial charge in [-0.15, -0.1) is 0 Å². The first-order chi connectivity index (χ1) is 13.3. The zero-order valence-corrected chi connectivity index (χ0v) is 16.8. The quantitative estimate of drug-likeness (QED) is 0.349. The molecule has 2 N–H and O–H groups in total. The van der Waals surface area contributed by atoms with Gasteiger partial charge in [0.15, 0.2) is 17.5 Å². The van der Waals surface area contributed by atoms with Crippen LogP contribution in [0.25, 0.3) is 0 Å². The number of benzene rings is 1. The predicted molar refractivity (Wildman–Crippen MR) is 107 cm³/mol. The van der Waals surface area contributed by atoms with Crippen LogP contribution in [-0.4, -0.2) is 59.7 Å². The van der Waals surface area contributed by atoms with Gasteiger partial charge in [-0.05, 0) is 37.5 Å². The highest BCUT2D eigenvalue weighted by Gasteiger charge is 2.15. The molecule has 1 aromatic carbocycles. The molecule has 1 unspecified atom stereocenters. The molecular weight excluding hydrogens is 346 g/mol. The molecular formula is C20H33N3O4. The van der Waals surface area contributed by atoms with Gasteiger partial charge in [0.05, 0.1) is 26.9 Å².